The molecule has 9 heterocycles. The summed E-state index contributed by atoms with van der Waals surface area (Å²) < 4.78 is 29.0. The number of pyridine rings is 3. The lowest BCUT2D eigenvalue weighted by Crippen LogP contribution is -2.40. The largest absolute Gasteiger partial charge is 0.383 e. The van der Waals surface area contributed by atoms with Crippen LogP contribution in [0, 0.1) is 0 Å². The van der Waals surface area contributed by atoms with E-state index in [1.807, 2.05) is 12.1 Å². The Morgan fingerprint density at radius 2 is 0.906 bits per heavy atom. The summed E-state index contributed by atoms with van der Waals surface area (Å²) in [5.41, 5.74) is 14.3. The Hall–Kier alpha value is -6.96. The molecule has 0 saturated heterocycles. The maximum Gasteiger partial charge on any atom is 0.216 e. The third-order valence-corrected chi connectivity index (χ3v) is 11.6. The van der Waals surface area contributed by atoms with E-state index in [2.05, 4.69) is 158 Å². The monoisotopic (exact) mass is 853 g/mol. The number of fused-ring (bicyclic) bond motifs is 5. The first-order chi connectivity index (χ1) is 31.6. The number of allylic oxidation sites excluding steroid dienone is 12. The smallest absolute Gasteiger partial charge is 0.216 e. The van der Waals surface area contributed by atoms with Crippen molar-refractivity contribution in [3.05, 3.63) is 197 Å². The lowest BCUT2D eigenvalue weighted by Gasteiger charge is -2.26. The zero-order valence-electron chi connectivity index (χ0n) is 36.8. The molecule has 322 valence electrons. The summed E-state index contributed by atoms with van der Waals surface area (Å²) >= 11 is 0. The number of hydrogen-bond acceptors (Lipinski definition) is 8. The Kier molecular flexibility index (Phi) is 13.0. The van der Waals surface area contributed by atoms with Crippen LogP contribution in [0.25, 0.3) is 22.3 Å². The highest BCUT2D eigenvalue weighted by Gasteiger charge is 2.33. The molecule has 64 heavy (non-hydrogen) atoms. The molecule has 0 fully saturated rings. The van der Waals surface area contributed by atoms with E-state index in [0.717, 1.165) is 90.7 Å². The van der Waals surface area contributed by atoms with Gasteiger partial charge in [0.15, 0.2) is 38.2 Å². The molecule has 5 aliphatic heterocycles. The summed E-state index contributed by atoms with van der Waals surface area (Å²) in [7, 11) is 6.92. The zero-order valence-corrected chi connectivity index (χ0v) is 36.8. The van der Waals surface area contributed by atoms with Crippen LogP contribution < -0.4 is 13.7 Å². The highest BCUT2D eigenvalue weighted by Crippen LogP contribution is 2.38. The van der Waals surface area contributed by atoms with Crippen molar-refractivity contribution in [3.63, 3.8) is 0 Å². The average molecular weight is 854 g/mol. The molecule has 9 rings (SSSR count). The summed E-state index contributed by atoms with van der Waals surface area (Å²) in [6.07, 6.45) is 27.3. The second-order valence-electron chi connectivity index (χ2n) is 15.5. The number of H-pyrrole nitrogens is 1. The Morgan fingerprint density at radius 3 is 1.39 bits per heavy atom. The minimum Gasteiger partial charge on any atom is -0.383 e. The highest BCUT2D eigenvalue weighted by molar-refractivity contribution is 6.37. The van der Waals surface area contributed by atoms with Crippen molar-refractivity contribution < 1.29 is 32.6 Å². The number of aromatic nitrogens is 4. The number of hydrogen-bond donors (Lipinski definition) is 1. The molecule has 0 spiro atoms. The quantitative estimate of drug-likeness (QED) is 0.144. The fraction of sp³-hybridized carbons (Fsp3) is 0.231. The molecule has 0 aliphatic carbocycles. The topological polar surface area (TPSA) is 105 Å². The number of nitrogens with zero attached hydrogens (tertiary/aromatic N) is 7. The number of nitrogens with one attached hydrogen (secondary N) is 1. The van der Waals surface area contributed by atoms with Crippen molar-refractivity contribution in [2.45, 2.75) is 19.6 Å². The van der Waals surface area contributed by atoms with Crippen LogP contribution in [0.1, 0.15) is 28.5 Å². The van der Waals surface area contributed by atoms with E-state index < -0.39 is 0 Å². The van der Waals surface area contributed by atoms with E-state index in [9.17, 15) is 0 Å². The van der Waals surface area contributed by atoms with E-state index in [1.165, 1.54) is 0 Å². The van der Waals surface area contributed by atoms with Crippen molar-refractivity contribution in [2.75, 3.05) is 61.4 Å². The predicted octanol–water partition coefficient (Wildman–Crippen LogP) is 6.19. The van der Waals surface area contributed by atoms with Gasteiger partial charge in [-0.05, 0) is 78.9 Å². The van der Waals surface area contributed by atoms with Crippen LogP contribution in [-0.4, -0.2) is 88.4 Å². The summed E-state index contributed by atoms with van der Waals surface area (Å²) in [6, 6.07) is 23.1. The maximum atomic E-state index is 5.59. The summed E-state index contributed by atoms with van der Waals surface area (Å²) in [4.78, 5) is 22.7. The van der Waals surface area contributed by atoms with E-state index in [1.54, 1.807) is 28.4 Å². The van der Waals surface area contributed by atoms with Gasteiger partial charge in [0.1, 0.15) is 19.8 Å². The summed E-state index contributed by atoms with van der Waals surface area (Å²) in [5.74, 6) is 0. The SMILES string of the molecule is COCCN1C=CC=CC1=C1C2=NC(=C(c3cccc[n+]3CCOC)C3=NC(=C(c4cccc[n+]4CCOC)C4=NC(=C(c5cccc[n+]5CCOC)c5ccc1[nH]5)C=C4)C=C3)C=C2. The van der Waals surface area contributed by atoms with Crippen molar-refractivity contribution in [3.8, 4) is 0 Å². The lowest BCUT2D eigenvalue weighted by atomic mass is 10.0. The molecule has 0 radical (unpaired) electrons. The molecule has 12 nitrogen and oxygen atoms in total. The van der Waals surface area contributed by atoms with Gasteiger partial charge in [-0.2, -0.15) is 13.7 Å². The van der Waals surface area contributed by atoms with Gasteiger partial charge in [-0.15, -0.1) is 0 Å². The molecule has 0 amide bonds. The lowest BCUT2D eigenvalue weighted by molar-refractivity contribution is -0.700. The molecule has 0 saturated carbocycles. The van der Waals surface area contributed by atoms with E-state index in [0.29, 0.717) is 52.6 Å². The van der Waals surface area contributed by atoms with E-state index in [4.69, 9.17) is 33.9 Å². The number of rotatable bonds is 15. The van der Waals surface area contributed by atoms with Crippen molar-refractivity contribution >= 4 is 39.4 Å². The van der Waals surface area contributed by atoms with Crippen LogP contribution in [0.4, 0.5) is 0 Å². The van der Waals surface area contributed by atoms with Crippen molar-refractivity contribution in [1.82, 2.24) is 9.88 Å². The first kappa shape index (κ1) is 42.3. The number of ether oxygens (including phenoxy) is 4. The standard InChI is InChI=1S/C52H53N8O4/c1-61-33-29-57-25-9-5-13-45(57)49-37-17-19-39(53-37)50(46-14-6-10-26-58(46)30-34-62-2)41-21-23-43(55-41)52(48-16-8-12-28-60(48)32-36-64-4)44-24-22-42(56-44)51(40-20-18-38(49)54-40)47-15-7-11-27-59(47)31-35-63-3/h5-28,53H,29-36H2,1-4H3/q+3. The van der Waals surface area contributed by atoms with Gasteiger partial charge in [0.2, 0.25) is 17.1 Å². The second kappa shape index (κ2) is 19.6. The molecule has 12 heteroatoms. The first-order valence-corrected chi connectivity index (χ1v) is 21.6. The number of methoxy groups -OCH3 is 4. The minimum atomic E-state index is 0.545. The minimum absolute atomic E-state index is 0.545. The Morgan fingerprint density at radius 1 is 0.469 bits per heavy atom. The third-order valence-electron chi connectivity index (χ3n) is 11.6. The number of aromatic amines is 1. The fourth-order valence-electron chi connectivity index (χ4n) is 8.56. The molecule has 8 bridgehead atoms. The van der Waals surface area contributed by atoms with Gasteiger partial charge in [-0.3, -0.25) is 0 Å². The maximum absolute atomic E-state index is 5.59. The van der Waals surface area contributed by atoms with Crippen LogP contribution in [0.2, 0.25) is 0 Å². The van der Waals surface area contributed by atoms with Crippen LogP contribution in [-0.2, 0) is 38.6 Å². The summed E-state index contributed by atoms with van der Waals surface area (Å²) in [6.45, 7) is 4.81. The fourth-order valence-corrected chi connectivity index (χ4v) is 8.56. The molecule has 1 N–H and O–H groups in total. The van der Waals surface area contributed by atoms with Gasteiger partial charge in [0.05, 0.1) is 74.6 Å². The molecule has 4 aromatic heterocycles. The second-order valence-corrected chi connectivity index (χ2v) is 15.5. The molecule has 0 unspecified atom stereocenters. The van der Waals surface area contributed by atoms with Crippen LogP contribution in [0.5, 0.6) is 0 Å². The molecular formula is C52H53N8O4+3. The zero-order chi connectivity index (χ0) is 43.8. The normalized spacial score (nSPS) is 17.7. The Balaban J connectivity index is 1.37. The van der Waals surface area contributed by atoms with Crippen LogP contribution in [0.15, 0.2) is 184 Å². The third kappa shape index (κ3) is 8.56. The Bertz CT molecular complexity index is 2840. The van der Waals surface area contributed by atoms with Crippen LogP contribution >= 0.6 is 0 Å². The number of aliphatic imine (C=N–C) groups is 3. The van der Waals surface area contributed by atoms with Gasteiger partial charge in [-0.1, -0.05) is 6.08 Å². The highest BCUT2D eigenvalue weighted by atomic mass is 16.5. The Labute approximate surface area is 374 Å². The van der Waals surface area contributed by atoms with Crippen LogP contribution in [0.3, 0.4) is 0 Å². The van der Waals surface area contributed by atoms with E-state index >= 15 is 0 Å². The van der Waals surface area contributed by atoms with Gasteiger partial charge >= 0.3 is 0 Å². The van der Waals surface area contributed by atoms with Gasteiger partial charge in [0, 0.05) is 83.2 Å². The van der Waals surface area contributed by atoms with Gasteiger partial charge in [0.25, 0.3) is 0 Å². The molecule has 4 aromatic rings. The van der Waals surface area contributed by atoms with Crippen molar-refractivity contribution in [1.29, 1.82) is 0 Å². The molecular weight excluding hydrogens is 801 g/mol. The van der Waals surface area contributed by atoms with Gasteiger partial charge in [-0.25, -0.2) is 15.0 Å². The van der Waals surface area contributed by atoms with Gasteiger partial charge < -0.3 is 28.8 Å². The summed E-state index contributed by atoms with van der Waals surface area (Å²) in [5, 5.41) is 0. The predicted molar refractivity (Wildman–Crippen MR) is 250 cm³/mol. The molecule has 5 aliphatic rings. The first-order valence-electron chi connectivity index (χ1n) is 21.6. The average Bonchev–Trinajstić information content (AvgIpc) is 4.19. The van der Waals surface area contributed by atoms with E-state index in [-0.39, 0.29) is 0 Å². The molecule has 0 atom stereocenters. The van der Waals surface area contributed by atoms with Crippen molar-refractivity contribution in [2.24, 2.45) is 15.0 Å². The molecule has 0 aromatic carbocycles.